The van der Waals surface area contributed by atoms with E-state index in [0.717, 1.165) is 18.7 Å². The van der Waals surface area contributed by atoms with Gasteiger partial charge in [0.05, 0.1) is 25.1 Å². The van der Waals surface area contributed by atoms with Crippen LogP contribution in [0.15, 0.2) is 18.2 Å². The van der Waals surface area contributed by atoms with E-state index in [1.165, 1.54) is 0 Å². The minimum absolute atomic E-state index is 0.0542. The summed E-state index contributed by atoms with van der Waals surface area (Å²) in [4.78, 5) is 13.4. The van der Waals surface area contributed by atoms with Gasteiger partial charge in [-0.25, -0.2) is 4.79 Å². The van der Waals surface area contributed by atoms with E-state index in [9.17, 15) is 4.79 Å². The lowest BCUT2D eigenvalue weighted by Gasteiger charge is -2.25. The van der Waals surface area contributed by atoms with Crippen LogP contribution in [0, 0.1) is 0 Å². The number of alkyl halides is 1. The van der Waals surface area contributed by atoms with Gasteiger partial charge >= 0.3 is 6.09 Å². The molecular formula is C14H16Cl2N2O3. The quantitative estimate of drug-likeness (QED) is 0.865. The summed E-state index contributed by atoms with van der Waals surface area (Å²) < 4.78 is 10.8. The first kappa shape index (κ1) is 14.9. The van der Waals surface area contributed by atoms with Crippen molar-refractivity contribution in [3.63, 3.8) is 0 Å². The molecule has 2 fully saturated rings. The minimum atomic E-state index is -0.389. The Labute approximate surface area is 133 Å². The lowest BCUT2D eigenvalue weighted by molar-refractivity contribution is 0.0278. The molecule has 1 N–H and O–H groups in total. The number of hydrogen-bond acceptors (Lipinski definition) is 4. The molecule has 1 aromatic carbocycles. The van der Waals surface area contributed by atoms with Gasteiger partial charge in [0.15, 0.2) is 0 Å². The van der Waals surface area contributed by atoms with Crippen LogP contribution in [-0.4, -0.2) is 44.3 Å². The van der Waals surface area contributed by atoms with Gasteiger partial charge < -0.3 is 14.8 Å². The summed E-state index contributed by atoms with van der Waals surface area (Å²) in [5.74, 6) is 0.287. The molecule has 2 aliphatic heterocycles. The molecule has 0 radical (unpaired) electrons. The third kappa shape index (κ3) is 3.11. The number of nitrogens with one attached hydrogen (secondary N) is 1. The zero-order valence-electron chi connectivity index (χ0n) is 11.4. The van der Waals surface area contributed by atoms with Gasteiger partial charge in [-0.2, -0.15) is 0 Å². The molecule has 2 aliphatic rings. The van der Waals surface area contributed by atoms with Crippen LogP contribution in [0.3, 0.4) is 0 Å². The second-order valence-electron chi connectivity index (χ2n) is 5.04. The highest BCUT2D eigenvalue weighted by atomic mass is 35.5. The van der Waals surface area contributed by atoms with Crippen molar-refractivity contribution >= 4 is 35.0 Å². The van der Waals surface area contributed by atoms with Gasteiger partial charge in [0.1, 0.15) is 6.10 Å². The normalized spacial score (nSPS) is 26.0. The Bertz CT molecular complexity index is 535. The molecule has 1 aromatic rings. The lowest BCUT2D eigenvalue weighted by Crippen LogP contribution is -2.33. The van der Waals surface area contributed by atoms with Crippen molar-refractivity contribution in [3.05, 3.63) is 28.8 Å². The largest absolute Gasteiger partial charge is 0.443 e. The monoisotopic (exact) mass is 330 g/mol. The van der Waals surface area contributed by atoms with Crippen molar-refractivity contribution in [2.24, 2.45) is 0 Å². The molecule has 2 heterocycles. The average molecular weight is 331 g/mol. The first-order chi connectivity index (χ1) is 10.2. The number of hydrogen-bond donors (Lipinski definition) is 1. The van der Waals surface area contributed by atoms with Gasteiger partial charge in [0.25, 0.3) is 0 Å². The molecule has 5 nitrogen and oxygen atoms in total. The molecule has 114 valence electrons. The number of cyclic esters (lactones) is 1. The van der Waals surface area contributed by atoms with Gasteiger partial charge in [-0.1, -0.05) is 17.7 Å². The maximum absolute atomic E-state index is 11.8. The molecule has 1 amide bonds. The predicted octanol–water partition coefficient (Wildman–Crippen LogP) is 2.56. The van der Waals surface area contributed by atoms with Crippen LogP contribution in [0.25, 0.3) is 0 Å². The fourth-order valence-electron chi connectivity index (χ4n) is 2.52. The van der Waals surface area contributed by atoms with Crippen LogP contribution >= 0.6 is 23.2 Å². The molecule has 0 aliphatic carbocycles. The molecule has 3 rings (SSSR count). The Hall–Kier alpha value is -1.01. The number of amides is 1. The van der Waals surface area contributed by atoms with Crippen LogP contribution in [0.2, 0.25) is 5.02 Å². The molecule has 0 saturated carbocycles. The predicted molar refractivity (Wildman–Crippen MR) is 81.3 cm³/mol. The van der Waals surface area contributed by atoms with Gasteiger partial charge in [0.2, 0.25) is 0 Å². The van der Waals surface area contributed by atoms with Crippen molar-refractivity contribution < 1.29 is 14.3 Å². The summed E-state index contributed by atoms with van der Waals surface area (Å²) in [7, 11) is 0. The number of carbonyl (C=O) groups is 1. The summed E-state index contributed by atoms with van der Waals surface area (Å²) in [6.07, 6.45) is -0.718. The summed E-state index contributed by atoms with van der Waals surface area (Å²) in [5.41, 5.74) is 1.64. The van der Waals surface area contributed by atoms with Crippen molar-refractivity contribution in [1.82, 2.24) is 5.32 Å². The summed E-state index contributed by atoms with van der Waals surface area (Å²) in [6, 6.07) is 5.53. The van der Waals surface area contributed by atoms with Crippen molar-refractivity contribution in [1.29, 1.82) is 0 Å². The van der Waals surface area contributed by atoms with Crippen LogP contribution < -0.4 is 10.2 Å². The average Bonchev–Trinajstić information content (AvgIpc) is 2.89. The number of nitrogens with zero attached hydrogens (tertiary/aromatic N) is 1. The summed E-state index contributed by atoms with van der Waals surface area (Å²) >= 11 is 12.1. The molecule has 0 aromatic heterocycles. The van der Waals surface area contributed by atoms with E-state index in [2.05, 4.69) is 5.32 Å². The Morgan fingerprint density at radius 1 is 1.43 bits per heavy atom. The van der Waals surface area contributed by atoms with Crippen molar-refractivity contribution in [2.75, 3.05) is 37.0 Å². The van der Waals surface area contributed by atoms with Gasteiger partial charge in [-0.05, 0) is 12.1 Å². The van der Waals surface area contributed by atoms with E-state index in [4.69, 9.17) is 32.7 Å². The highest BCUT2D eigenvalue weighted by Crippen LogP contribution is 2.32. The standard InChI is InChI=1S/C14H16Cl2N2O3/c15-6-10-8-18(14(19)21-10)9-1-2-11(12(16)5-9)13-7-17-3-4-20-13/h1-2,5,10,13,17H,3-4,6-8H2. The molecular weight excluding hydrogens is 315 g/mol. The Kier molecular flexibility index (Phi) is 4.54. The molecule has 0 spiro atoms. The molecule has 2 saturated heterocycles. The van der Waals surface area contributed by atoms with Crippen molar-refractivity contribution in [3.8, 4) is 0 Å². The third-order valence-electron chi connectivity index (χ3n) is 3.62. The Morgan fingerprint density at radius 3 is 2.90 bits per heavy atom. The summed E-state index contributed by atoms with van der Waals surface area (Å²) in [5, 5.41) is 3.85. The fourth-order valence-corrected chi connectivity index (χ4v) is 2.98. The number of halogens is 2. The van der Waals surface area contributed by atoms with Gasteiger partial charge in [0, 0.05) is 29.4 Å². The number of carbonyl (C=O) groups excluding carboxylic acids is 1. The number of anilines is 1. The Balaban J connectivity index is 1.79. The Morgan fingerprint density at radius 2 is 2.29 bits per heavy atom. The van der Waals surface area contributed by atoms with E-state index >= 15 is 0 Å². The number of morpholine rings is 1. The molecule has 21 heavy (non-hydrogen) atoms. The van der Waals surface area contributed by atoms with E-state index in [-0.39, 0.29) is 24.2 Å². The fraction of sp³-hybridized carbons (Fsp3) is 0.500. The van der Waals surface area contributed by atoms with E-state index in [1.807, 2.05) is 12.1 Å². The first-order valence-electron chi connectivity index (χ1n) is 6.85. The first-order valence-corrected chi connectivity index (χ1v) is 7.76. The third-order valence-corrected chi connectivity index (χ3v) is 4.29. The molecule has 7 heteroatoms. The van der Waals surface area contributed by atoms with E-state index < -0.39 is 0 Å². The minimum Gasteiger partial charge on any atom is -0.443 e. The zero-order valence-corrected chi connectivity index (χ0v) is 12.9. The lowest BCUT2D eigenvalue weighted by atomic mass is 10.1. The second-order valence-corrected chi connectivity index (χ2v) is 5.76. The van der Waals surface area contributed by atoms with Gasteiger partial charge in [-0.15, -0.1) is 11.6 Å². The zero-order chi connectivity index (χ0) is 14.8. The van der Waals surface area contributed by atoms with E-state index in [1.54, 1.807) is 11.0 Å². The highest BCUT2D eigenvalue weighted by molar-refractivity contribution is 6.31. The van der Waals surface area contributed by atoms with Crippen LogP contribution in [-0.2, 0) is 9.47 Å². The molecule has 2 unspecified atom stereocenters. The smallest absolute Gasteiger partial charge is 0.414 e. The second kappa shape index (κ2) is 6.40. The maximum Gasteiger partial charge on any atom is 0.414 e. The van der Waals surface area contributed by atoms with Crippen molar-refractivity contribution in [2.45, 2.75) is 12.2 Å². The summed E-state index contributed by atoms with van der Waals surface area (Å²) in [6.45, 7) is 2.70. The van der Waals surface area contributed by atoms with E-state index in [0.29, 0.717) is 23.9 Å². The van der Waals surface area contributed by atoms with Crippen LogP contribution in [0.1, 0.15) is 11.7 Å². The van der Waals surface area contributed by atoms with Crippen LogP contribution in [0.4, 0.5) is 10.5 Å². The molecule has 0 bridgehead atoms. The number of benzene rings is 1. The van der Waals surface area contributed by atoms with Gasteiger partial charge in [-0.3, -0.25) is 4.90 Å². The topological polar surface area (TPSA) is 50.8 Å². The van der Waals surface area contributed by atoms with Crippen LogP contribution in [0.5, 0.6) is 0 Å². The number of rotatable bonds is 3. The maximum atomic E-state index is 11.8. The number of ether oxygens (including phenoxy) is 2. The highest BCUT2D eigenvalue weighted by Gasteiger charge is 2.32. The SMILES string of the molecule is O=C1OC(CCl)CN1c1ccc(C2CNCCO2)c(Cl)c1. The molecule has 2 atom stereocenters.